The predicted molar refractivity (Wildman–Crippen MR) is 65.3 cm³/mol. The van der Waals surface area contributed by atoms with Crippen LogP contribution in [0.15, 0.2) is 10.5 Å². The van der Waals surface area contributed by atoms with Crippen molar-refractivity contribution in [3.63, 3.8) is 0 Å². The van der Waals surface area contributed by atoms with Crippen molar-refractivity contribution in [3.8, 4) is 5.75 Å². The molecule has 1 N–H and O–H groups in total. The van der Waals surface area contributed by atoms with Crippen LogP contribution < -0.4 is 10.1 Å². The van der Waals surface area contributed by atoms with Gasteiger partial charge < -0.3 is 10.1 Å². The van der Waals surface area contributed by atoms with Crippen LogP contribution in [0.25, 0.3) is 0 Å². The molecule has 1 unspecified atom stereocenters. The third-order valence-electron chi connectivity index (χ3n) is 3.04. The van der Waals surface area contributed by atoms with Crippen molar-refractivity contribution in [1.82, 2.24) is 5.32 Å². The predicted octanol–water partition coefficient (Wildman–Crippen LogP) is 3.03. The quantitative estimate of drug-likeness (QED) is 0.867. The minimum atomic E-state index is -0.534. The van der Waals surface area contributed by atoms with Crippen LogP contribution in [0.3, 0.4) is 0 Å². The highest BCUT2D eigenvalue weighted by Gasteiger charge is 2.23. The SMILES string of the molecule is COc1c(F)cc(Br)c(F)c1CC1CCCN1. The Hall–Kier alpha value is -0.680. The normalized spacial score (nSPS) is 19.6. The Kier molecular flexibility index (Phi) is 3.99. The molecule has 1 atom stereocenters. The van der Waals surface area contributed by atoms with Crippen LogP contribution in [0.4, 0.5) is 8.78 Å². The molecule has 2 rings (SSSR count). The fourth-order valence-electron chi connectivity index (χ4n) is 2.21. The highest BCUT2D eigenvalue weighted by Crippen LogP contribution is 2.32. The second-order valence-electron chi connectivity index (χ2n) is 4.16. The number of nitrogens with one attached hydrogen (secondary N) is 1. The molecule has 2 nitrogen and oxygen atoms in total. The molecule has 0 spiro atoms. The maximum absolute atomic E-state index is 14.0. The highest BCUT2D eigenvalue weighted by molar-refractivity contribution is 9.10. The summed E-state index contributed by atoms with van der Waals surface area (Å²) in [4.78, 5) is 0. The average molecular weight is 306 g/mol. The van der Waals surface area contributed by atoms with Gasteiger partial charge in [0.1, 0.15) is 5.82 Å². The first-order valence-corrected chi connectivity index (χ1v) is 6.36. The molecule has 17 heavy (non-hydrogen) atoms. The standard InChI is InChI=1S/C12H14BrF2NO/c1-17-12-8(5-7-3-2-4-16-7)11(15)9(13)6-10(12)14/h6-7,16H,2-5H2,1H3. The minimum Gasteiger partial charge on any atom is -0.493 e. The lowest BCUT2D eigenvalue weighted by Crippen LogP contribution is -2.24. The molecule has 1 fully saturated rings. The first kappa shape index (κ1) is 12.8. The number of methoxy groups -OCH3 is 1. The smallest absolute Gasteiger partial charge is 0.166 e. The van der Waals surface area contributed by atoms with Crippen LogP contribution in [0.1, 0.15) is 18.4 Å². The van der Waals surface area contributed by atoms with Gasteiger partial charge in [-0.05, 0) is 47.8 Å². The number of benzene rings is 1. The van der Waals surface area contributed by atoms with Crippen molar-refractivity contribution in [1.29, 1.82) is 0 Å². The van der Waals surface area contributed by atoms with Gasteiger partial charge in [-0.3, -0.25) is 0 Å². The van der Waals surface area contributed by atoms with Gasteiger partial charge in [0.25, 0.3) is 0 Å². The maximum Gasteiger partial charge on any atom is 0.166 e. The van der Waals surface area contributed by atoms with E-state index in [9.17, 15) is 8.78 Å². The minimum absolute atomic E-state index is 0.0133. The molecule has 94 valence electrons. The van der Waals surface area contributed by atoms with Gasteiger partial charge in [-0.15, -0.1) is 0 Å². The number of halogens is 3. The van der Waals surface area contributed by atoms with Gasteiger partial charge in [-0.2, -0.15) is 0 Å². The first-order chi connectivity index (χ1) is 8.13. The molecule has 5 heteroatoms. The van der Waals surface area contributed by atoms with Gasteiger partial charge in [0.2, 0.25) is 0 Å². The molecule has 0 radical (unpaired) electrons. The molecule has 0 aliphatic carbocycles. The van der Waals surface area contributed by atoms with E-state index in [-0.39, 0.29) is 16.3 Å². The summed E-state index contributed by atoms with van der Waals surface area (Å²) in [5, 5.41) is 3.26. The fraction of sp³-hybridized carbons (Fsp3) is 0.500. The Balaban J connectivity index is 2.35. The van der Waals surface area contributed by atoms with Gasteiger partial charge in [0.05, 0.1) is 11.6 Å². The number of hydrogen-bond donors (Lipinski definition) is 1. The molecule has 1 saturated heterocycles. The monoisotopic (exact) mass is 305 g/mol. The van der Waals surface area contributed by atoms with Gasteiger partial charge in [0, 0.05) is 11.6 Å². The van der Waals surface area contributed by atoms with E-state index in [0.717, 1.165) is 25.5 Å². The van der Waals surface area contributed by atoms with Crippen LogP contribution in [0.2, 0.25) is 0 Å². The van der Waals surface area contributed by atoms with Gasteiger partial charge in [-0.1, -0.05) is 0 Å². The van der Waals surface area contributed by atoms with Crippen molar-refractivity contribution >= 4 is 15.9 Å². The Labute approximate surface area is 107 Å². The van der Waals surface area contributed by atoms with Crippen LogP contribution >= 0.6 is 15.9 Å². The maximum atomic E-state index is 14.0. The summed E-state index contributed by atoms with van der Waals surface area (Å²) in [5.41, 5.74) is 0.304. The van der Waals surface area contributed by atoms with E-state index >= 15 is 0 Å². The summed E-state index contributed by atoms with van der Waals surface area (Å²) >= 11 is 3.02. The molecule has 1 aromatic rings. The van der Waals surface area contributed by atoms with Crippen LogP contribution in [0, 0.1) is 11.6 Å². The van der Waals surface area contributed by atoms with Crippen LogP contribution in [-0.4, -0.2) is 19.7 Å². The Morgan fingerprint density at radius 3 is 2.88 bits per heavy atom. The molecule has 0 amide bonds. The Morgan fingerprint density at radius 1 is 1.53 bits per heavy atom. The number of hydrogen-bond acceptors (Lipinski definition) is 2. The van der Waals surface area contributed by atoms with Gasteiger partial charge >= 0.3 is 0 Å². The van der Waals surface area contributed by atoms with Crippen LogP contribution in [0.5, 0.6) is 5.75 Å². The van der Waals surface area contributed by atoms with Crippen molar-refractivity contribution in [2.75, 3.05) is 13.7 Å². The molecule has 0 aromatic heterocycles. The zero-order valence-electron chi connectivity index (χ0n) is 9.53. The second-order valence-corrected chi connectivity index (χ2v) is 5.02. The van der Waals surface area contributed by atoms with E-state index in [1.165, 1.54) is 7.11 Å². The van der Waals surface area contributed by atoms with E-state index in [1.807, 2.05) is 0 Å². The number of ether oxygens (including phenoxy) is 1. The lowest BCUT2D eigenvalue weighted by molar-refractivity contribution is 0.372. The summed E-state index contributed by atoms with van der Waals surface area (Å²) in [5.74, 6) is -0.954. The zero-order chi connectivity index (χ0) is 12.4. The molecule has 1 aromatic carbocycles. The first-order valence-electron chi connectivity index (χ1n) is 5.57. The molecule has 1 aliphatic rings. The molecule has 0 bridgehead atoms. The topological polar surface area (TPSA) is 21.3 Å². The summed E-state index contributed by atoms with van der Waals surface area (Å²) < 4.78 is 32.7. The van der Waals surface area contributed by atoms with E-state index in [2.05, 4.69) is 21.2 Å². The summed E-state index contributed by atoms with van der Waals surface area (Å²) in [7, 11) is 1.36. The van der Waals surface area contributed by atoms with Crippen molar-refractivity contribution in [3.05, 3.63) is 27.7 Å². The van der Waals surface area contributed by atoms with E-state index in [4.69, 9.17) is 4.74 Å². The third-order valence-corrected chi connectivity index (χ3v) is 3.61. The second kappa shape index (κ2) is 5.31. The van der Waals surface area contributed by atoms with Crippen molar-refractivity contribution in [2.24, 2.45) is 0 Å². The Bertz CT molecular complexity index is 419. The highest BCUT2D eigenvalue weighted by atomic mass is 79.9. The lowest BCUT2D eigenvalue weighted by Gasteiger charge is -2.15. The number of rotatable bonds is 3. The van der Waals surface area contributed by atoms with E-state index < -0.39 is 11.6 Å². The Morgan fingerprint density at radius 2 is 2.29 bits per heavy atom. The molecule has 0 saturated carbocycles. The molecule has 1 heterocycles. The van der Waals surface area contributed by atoms with Crippen molar-refractivity contribution in [2.45, 2.75) is 25.3 Å². The lowest BCUT2D eigenvalue weighted by atomic mass is 10.0. The van der Waals surface area contributed by atoms with Gasteiger partial charge in [-0.25, -0.2) is 8.78 Å². The summed E-state index contributed by atoms with van der Waals surface area (Å²) in [6.07, 6.45) is 2.51. The average Bonchev–Trinajstić information content (AvgIpc) is 2.78. The van der Waals surface area contributed by atoms with Crippen LogP contribution in [-0.2, 0) is 6.42 Å². The molecule has 1 aliphatic heterocycles. The van der Waals surface area contributed by atoms with E-state index in [0.29, 0.717) is 12.0 Å². The van der Waals surface area contributed by atoms with E-state index in [1.54, 1.807) is 0 Å². The largest absolute Gasteiger partial charge is 0.493 e. The summed E-state index contributed by atoms with van der Waals surface area (Å²) in [6, 6.07) is 1.30. The fourth-order valence-corrected chi connectivity index (χ4v) is 2.65. The van der Waals surface area contributed by atoms with Gasteiger partial charge in [0.15, 0.2) is 11.6 Å². The summed E-state index contributed by atoms with van der Waals surface area (Å²) in [6.45, 7) is 0.936. The molecular weight excluding hydrogens is 292 g/mol. The zero-order valence-corrected chi connectivity index (χ0v) is 11.1. The molecular formula is C12H14BrF2NO. The third kappa shape index (κ3) is 2.60. The van der Waals surface area contributed by atoms with Crippen molar-refractivity contribution < 1.29 is 13.5 Å².